The van der Waals surface area contributed by atoms with Crippen LogP contribution in [0.5, 0.6) is 0 Å². The zero-order valence-electron chi connectivity index (χ0n) is 14.6. The summed E-state index contributed by atoms with van der Waals surface area (Å²) in [7, 11) is 1.59. The summed E-state index contributed by atoms with van der Waals surface area (Å²) in [5.41, 5.74) is 2.56. The number of nitrogens with zero attached hydrogens (tertiary/aromatic N) is 1. The smallest absolute Gasteiger partial charge is 0.256 e. The van der Waals surface area contributed by atoms with Crippen LogP contribution in [0.15, 0.2) is 54.7 Å². The third kappa shape index (κ3) is 3.64. The van der Waals surface area contributed by atoms with Gasteiger partial charge in [0.05, 0.1) is 12.1 Å². The molecule has 0 fully saturated rings. The Balaban J connectivity index is 1.65. The number of benzene rings is 2. The van der Waals surface area contributed by atoms with Crippen molar-refractivity contribution in [3.05, 3.63) is 65.9 Å². The monoisotopic (exact) mass is 349 g/mol. The van der Waals surface area contributed by atoms with Gasteiger partial charge in [0.1, 0.15) is 0 Å². The zero-order chi connectivity index (χ0) is 18.7. The molecular formula is C20H19N3O3. The summed E-state index contributed by atoms with van der Waals surface area (Å²) in [4.78, 5) is 40.5. The SMILES string of the molecule is CC(=O)c1ccc(NC(=O)CN(C)C(=O)c2c[nH]c3ccccc23)cc1. The molecule has 3 aromatic rings. The highest BCUT2D eigenvalue weighted by atomic mass is 16.2. The van der Waals surface area contributed by atoms with Crippen molar-refractivity contribution in [2.45, 2.75) is 6.92 Å². The zero-order valence-corrected chi connectivity index (χ0v) is 14.6. The maximum atomic E-state index is 12.6. The Hall–Kier alpha value is -3.41. The molecule has 0 aliphatic carbocycles. The van der Waals surface area contributed by atoms with E-state index in [9.17, 15) is 14.4 Å². The van der Waals surface area contributed by atoms with Gasteiger partial charge in [0.2, 0.25) is 5.91 Å². The van der Waals surface area contributed by atoms with Crippen LogP contribution in [-0.2, 0) is 4.79 Å². The van der Waals surface area contributed by atoms with Gasteiger partial charge in [-0.25, -0.2) is 0 Å². The van der Waals surface area contributed by atoms with Crippen molar-refractivity contribution in [2.75, 3.05) is 18.9 Å². The number of aromatic nitrogens is 1. The third-order valence-corrected chi connectivity index (χ3v) is 4.12. The van der Waals surface area contributed by atoms with Gasteiger partial charge in [-0.15, -0.1) is 0 Å². The highest BCUT2D eigenvalue weighted by molar-refractivity contribution is 6.08. The highest BCUT2D eigenvalue weighted by Gasteiger charge is 2.18. The molecule has 0 radical (unpaired) electrons. The molecule has 0 spiro atoms. The molecule has 0 saturated carbocycles. The van der Waals surface area contributed by atoms with Crippen LogP contribution in [0.2, 0.25) is 0 Å². The minimum Gasteiger partial charge on any atom is -0.360 e. The number of aromatic amines is 1. The van der Waals surface area contributed by atoms with Gasteiger partial charge in [-0.3, -0.25) is 14.4 Å². The number of hydrogen-bond donors (Lipinski definition) is 2. The van der Waals surface area contributed by atoms with Crippen molar-refractivity contribution in [3.63, 3.8) is 0 Å². The number of ketones is 1. The van der Waals surface area contributed by atoms with Crippen LogP contribution in [0.1, 0.15) is 27.6 Å². The minimum absolute atomic E-state index is 0.0352. The summed E-state index contributed by atoms with van der Waals surface area (Å²) in [6, 6.07) is 14.1. The van der Waals surface area contributed by atoms with E-state index in [1.165, 1.54) is 11.8 Å². The Bertz CT molecular complexity index is 973. The third-order valence-electron chi connectivity index (χ3n) is 4.12. The first kappa shape index (κ1) is 17.4. The van der Waals surface area contributed by atoms with Gasteiger partial charge in [0, 0.05) is 35.4 Å². The van der Waals surface area contributed by atoms with Gasteiger partial charge < -0.3 is 15.2 Å². The van der Waals surface area contributed by atoms with Crippen molar-refractivity contribution in [1.82, 2.24) is 9.88 Å². The molecule has 1 heterocycles. The predicted molar refractivity (Wildman–Crippen MR) is 100 cm³/mol. The molecule has 2 amide bonds. The summed E-state index contributed by atoms with van der Waals surface area (Å²) in [5.74, 6) is -0.576. The molecule has 1 aromatic heterocycles. The summed E-state index contributed by atoms with van der Waals surface area (Å²) >= 11 is 0. The fraction of sp³-hybridized carbons (Fsp3) is 0.150. The second-order valence-electron chi connectivity index (χ2n) is 6.09. The lowest BCUT2D eigenvalue weighted by Crippen LogP contribution is -2.34. The number of carbonyl (C=O) groups excluding carboxylic acids is 3. The maximum absolute atomic E-state index is 12.6. The molecule has 6 nitrogen and oxygen atoms in total. The number of carbonyl (C=O) groups is 3. The first-order chi connectivity index (χ1) is 12.5. The van der Waals surface area contributed by atoms with E-state index in [1.807, 2.05) is 24.3 Å². The Morgan fingerprint density at radius 1 is 1.04 bits per heavy atom. The van der Waals surface area contributed by atoms with Crippen molar-refractivity contribution in [1.29, 1.82) is 0 Å². The Morgan fingerprint density at radius 2 is 1.73 bits per heavy atom. The molecule has 0 aliphatic rings. The Kier molecular flexibility index (Phi) is 4.84. The minimum atomic E-state index is -0.309. The molecular weight excluding hydrogens is 330 g/mol. The van der Waals surface area contributed by atoms with Gasteiger partial charge in [-0.1, -0.05) is 18.2 Å². The van der Waals surface area contributed by atoms with E-state index < -0.39 is 0 Å². The Morgan fingerprint density at radius 3 is 2.42 bits per heavy atom. The maximum Gasteiger partial charge on any atom is 0.256 e. The quantitative estimate of drug-likeness (QED) is 0.695. The second kappa shape index (κ2) is 7.23. The molecule has 26 heavy (non-hydrogen) atoms. The van der Waals surface area contributed by atoms with Gasteiger partial charge in [0.25, 0.3) is 5.91 Å². The van der Waals surface area contributed by atoms with Crippen molar-refractivity contribution >= 4 is 34.2 Å². The average Bonchev–Trinajstić information content (AvgIpc) is 3.05. The molecule has 6 heteroatoms. The number of fused-ring (bicyclic) bond motifs is 1. The molecule has 0 unspecified atom stereocenters. The van der Waals surface area contributed by atoms with E-state index in [2.05, 4.69) is 10.3 Å². The molecule has 0 saturated heterocycles. The molecule has 0 bridgehead atoms. The lowest BCUT2D eigenvalue weighted by molar-refractivity contribution is -0.116. The first-order valence-electron chi connectivity index (χ1n) is 8.18. The summed E-state index contributed by atoms with van der Waals surface area (Å²) in [6.45, 7) is 1.41. The number of rotatable bonds is 5. The van der Waals surface area contributed by atoms with E-state index in [4.69, 9.17) is 0 Å². The van der Waals surface area contributed by atoms with Crippen molar-refractivity contribution < 1.29 is 14.4 Å². The Labute approximate surface area is 150 Å². The summed E-state index contributed by atoms with van der Waals surface area (Å²) in [6.07, 6.45) is 1.65. The fourth-order valence-corrected chi connectivity index (χ4v) is 2.73. The standard InChI is InChI=1S/C20H19N3O3/c1-13(24)14-7-9-15(10-8-14)22-19(25)12-23(2)20(26)17-11-21-18-6-4-3-5-16(17)18/h3-11,21H,12H2,1-2H3,(H,22,25). The first-order valence-corrected chi connectivity index (χ1v) is 8.18. The number of anilines is 1. The van der Waals surface area contributed by atoms with Gasteiger partial charge in [-0.2, -0.15) is 0 Å². The van der Waals surface area contributed by atoms with Crippen LogP contribution >= 0.6 is 0 Å². The van der Waals surface area contributed by atoms with Crippen LogP contribution in [0, 0.1) is 0 Å². The average molecular weight is 349 g/mol. The second-order valence-corrected chi connectivity index (χ2v) is 6.09. The lowest BCUT2D eigenvalue weighted by atomic mass is 10.1. The van der Waals surface area contributed by atoms with Crippen LogP contribution in [0.3, 0.4) is 0 Å². The van der Waals surface area contributed by atoms with Crippen LogP contribution in [-0.4, -0.2) is 41.1 Å². The van der Waals surface area contributed by atoms with Gasteiger partial charge >= 0.3 is 0 Å². The molecule has 132 valence electrons. The van der Waals surface area contributed by atoms with Crippen LogP contribution in [0.25, 0.3) is 10.9 Å². The summed E-state index contributed by atoms with van der Waals surface area (Å²) < 4.78 is 0. The predicted octanol–water partition coefficient (Wildman–Crippen LogP) is 3.08. The number of Topliss-reactive ketones (excluding diaryl/α,β-unsaturated/α-hetero) is 1. The molecule has 2 N–H and O–H groups in total. The fourth-order valence-electron chi connectivity index (χ4n) is 2.73. The van der Waals surface area contributed by atoms with E-state index in [1.54, 1.807) is 37.5 Å². The van der Waals surface area contributed by atoms with Gasteiger partial charge in [-0.05, 0) is 37.3 Å². The number of nitrogens with one attached hydrogen (secondary N) is 2. The summed E-state index contributed by atoms with van der Waals surface area (Å²) in [5, 5.41) is 3.55. The topological polar surface area (TPSA) is 82.3 Å². The number of hydrogen-bond acceptors (Lipinski definition) is 3. The normalized spacial score (nSPS) is 10.5. The largest absolute Gasteiger partial charge is 0.360 e. The number of H-pyrrole nitrogens is 1. The number of likely N-dealkylation sites (N-methyl/N-ethyl adjacent to an activating group) is 1. The molecule has 0 aliphatic heterocycles. The van der Waals surface area contributed by atoms with Crippen molar-refractivity contribution in [2.24, 2.45) is 0 Å². The number of amides is 2. The number of para-hydroxylation sites is 1. The van der Waals surface area contributed by atoms with Gasteiger partial charge in [0.15, 0.2) is 5.78 Å². The molecule has 2 aromatic carbocycles. The molecule has 3 rings (SSSR count). The van der Waals surface area contributed by atoms with Crippen LogP contribution < -0.4 is 5.32 Å². The van der Waals surface area contributed by atoms with E-state index >= 15 is 0 Å². The van der Waals surface area contributed by atoms with E-state index in [0.717, 1.165) is 10.9 Å². The van der Waals surface area contributed by atoms with Crippen LogP contribution in [0.4, 0.5) is 5.69 Å². The molecule has 0 atom stereocenters. The highest BCUT2D eigenvalue weighted by Crippen LogP contribution is 2.19. The van der Waals surface area contributed by atoms with E-state index in [0.29, 0.717) is 16.8 Å². The van der Waals surface area contributed by atoms with E-state index in [-0.39, 0.29) is 24.1 Å². The van der Waals surface area contributed by atoms with Crippen molar-refractivity contribution in [3.8, 4) is 0 Å². The lowest BCUT2D eigenvalue weighted by Gasteiger charge is -2.16.